The molecule has 114 valence electrons. The van der Waals surface area contributed by atoms with Crippen LogP contribution < -0.4 is 4.90 Å². The van der Waals surface area contributed by atoms with Crippen LogP contribution in [-0.4, -0.2) is 11.7 Å². The Morgan fingerprint density at radius 1 is 0.818 bits per heavy atom. The number of ketones is 1. The van der Waals surface area contributed by atoms with Crippen molar-refractivity contribution >= 4 is 23.1 Å². The van der Waals surface area contributed by atoms with Gasteiger partial charge in [0.1, 0.15) is 5.78 Å². The minimum Gasteiger partial charge on any atom is -0.299 e. The topological polar surface area (TPSA) is 37.4 Å². The molecule has 0 saturated carbocycles. The number of carbonyl (C=O) groups is 2. The zero-order valence-corrected chi connectivity index (χ0v) is 13.2. The largest absolute Gasteiger partial charge is 0.299 e. The average molecular weight is 295 g/mol. The number of amides is 1. The molecule has 0 aliphatic rings. The van der Waals surface area contributed by atoms with Gasteiger partial charge in [0, 0.05) is 16.8 Å². The number of Topliss-reactive ketones (excluding diaryl/α,β-unsaturated/α-hetero) is 1. The summed E-state index contributed by atoms with van der Waals surface area (Å²) >= 11 is 0. The lowest BCUT2D eigenvalue weighted by atomic mass is 9.88. The summed E-state index contributed by atoms with van der Waals surface area (Å²) in [5.41, 5.74) is 1.01. The molecule has 2 aromatic carbocycles. The Morgan fingerprint density at radius 3 is 1.59 bits per heavy atom. The van der Waals surface area contributed by atoms with Crippen LogP contribution in [0.5, 0.6) is 0 Å². The second kappa shape index (κ2) is 6.56. The van der Waals surface area contributed by atoms with E-state index in [1.165, 1.54) is 0 Å². The Labute approximate surface area is 131 Å². The second-order valence-electron chi connectivity index (χ2n) is 6.25. The number of rotatable bonds is 4. The maximum atomic E-state index is 12.7. The van der Waals surface area contributed by atoms with Crippen LogP contribution in [0.4, 0.5) is 11.4 Å². The first-order valence-electron chi connectivity index (χ1n) is 7.36. The van der Waals surface area contributed by atoms with Crippen molar-refractivity contribution in [2.45, 2.75) is 27.2 Å². The normalized spacial score (nSPS) is 11.0. The van der Waals surface area contributed by atoms with Gasteiger partial charge < -0.3 is 0 Å². The molecule has 0 radical (unpaired) electrons. The number of benzene rings is 2. The van der Waals surface area contributed by atoms with Gasteiger partial charge in [0.05, 0.1) is 6.42 Å². The highest BCUT2D eigenvalue weighted by atomic mass is 16.2. The van der Waals surface area contributed by atoms with E-state index >= 15 is 0 Å². The van der Waals surface area contributed by atoms with E-state index in [1.807, 2.05) is 81.4 Å². The third kappa shape index (κ3) is 3.82. The van der Waals surface area contributed by atoms with Crippen LogP contribution in [0.2, 0.25) is 0 Å². The summed E-state index contributed by atoms with van der Waals surface area (Å²) in [4.78, 5) is 26.5. The molecule has 0 N–H and O–H groups in total. The van der Waals surface area contributed by atoms with Crippen molar-refractivity contribution < 1.29 is 9.59 Å². The van der Waals surface area contributed by atoms with Gasteiger partial charge in [0.2, 0.25) is 5.91 Å². The highest BCUT2D eigenvalue weighted by Gasteiger charge is 2.27. The van der Waals surface area contributed by atoms with E-state index in [2.05, 4.69) is 0 Å². The van der Waals surface area contributed by atoms with E-state index < -0.39 is 5.41 Å². The Bertz CT molecular complexity index is 603. The molecule has 3 heteroatoms. The molecule has 2 rings (SSSR count). The summed E-state index contributed by atoms with van der Waals surface area (Å²) < 4.78 is 0. The van der Waals surface area contributed by atoms with Crippen LogP contribution in [-0.2, 0) is 9.59 Å². The summed E-state index contributed by atoms with van der Waals surface area (Å²) in [5.74, 6) is -0.272. The van der Waals surface area contributed by atoms with Gasteiger partial charge in [-0.3, -0.25) is 14.5 Å². The third-order valence-electron chi connectivity index (χ3n) is 3.43. The van der Waals surface area contributed by atoms with E-state index in [0.717, 1.165) is 11.4 Å². The van der Waals surface area contributed by atoms with Crippen molar-refractivity contribution in [3.05, 3.63) is 60.7 Å². The maximum absolute atomic E-state index is 12.7. The molecule has 3 nitrogen and oxygen atoms in total. The summed E-state index contributed by atoms with van der Waals surface area (Å²) in [6, 6.07) is 18.8. The first kappa shape index (κ1) is 16.0. The molecule has 0 atom stereocenters. The van der Waals surface area contributed by atoms with Crippen molar-refractivity contribution in [3.8, 4) is 0 Å². The summed E-state index contributed by atoms with van der Waals surface area (Å²) in [5, 5.41) is 0. The van der Waals surface area contributed by atoms with E-state index in [4.69, 9.17) is 0 Å². The van der Waals surface area contributed by atoms with Gasteiger partial charge in [-0.25, -0.2) is 0 Å². The zero-order chi connectivity index (χ0) is 16.2. The fraction of sp³-hybridized carbons (Fsp3) is 0.263. The molecule has 0 bridgehead atoms. The Kier molecular flexibility index (Phi) is 4.76. The molecule has 22 heavy (non-hydrogen) atoms. The predicted molar refractivity (Wildman–Crippen MR) is 89.1 cm³/mol. The van der Waals surface area contributed by atoms with Crippen molar-refractivity contribution in [2.24, 2.45) is 5.41 Å². The van der Waals surface area contributed by atoms with Gasteiger partial charge >= 0.3 is 0 Å². The lowest BCUT2D eigenvalue weighted by Crippen LogP contribution is -2.31. The van der Waals surface area contributed by atoms with E-state index in [-0.39, 0.29) is 18.1 Å². The number of para-hydroxylation sites is 2. The van der Waals surface area contributed by atoms with Crippen molar-refractivity contribution in [1.82, 2.24) is 0 Å². The third-order valence-corrected chi connectivity index (χ3v) is 3.43. The molecule has 0 saturated heterocycles. The quantitative estimate of drug-likeness (QED) is 0.786. The van der Waals surface area contributed by atoms with Crippen LogP contribution in [0.15, 0.2) is 60.7 Å². The van der Waals surface area contributed by atoms with E-state index in [1.54, 1.807) is 4.90 Å². The van der Waals surface area contributed by atoms with Crippen LogP contribution in [0.3, 0.4) is 0 Å². The van der Waals surface area contributed by atoms with Gasteiger partial charge in [-0.2, -0.15) is 0 Å². The van der Waals surface area contributed by atoms with Crippen LogP contribution in [0.1, 0.15) is 27.2 Å². The molecule has 0 unspecified atom stereocenters. The standard InChI is InChI=1S/C19H21NO2/c1-19(2,3)17(21)14-18(22)20(15-10-6-4-7-11-15)16-12-8-5-9-13-16/h4-13H,14H2,1-3H3. The van der Waals surface area contributed by atoms with Crippen LogP contribution in [0.25, 0.3) is 0 Å². The van der Waals surface area contributed by atoms with Crippen molar-refractivity contribution in [2.75, 3.05) is 4.90 Å². The molecule has 0 aliphatic heterocycles. The fourth-order valence-electron chi connectivity index (χ4n) is 2.07. The monoisotopic (exact) mass is 295 g/mol. The molecule has 0 aromatic heterocycles. The number of carbonyl (C=O) groups excluding carboxylic acids is 2. The Balaban J connectivity index is 2.34. The zero-order valence-electron chi connectivity index (χ0n) is 13.2. The number of anilines is 2. The van der Waals surface area contributed by atoms with Crippen molar-refractivity contribution in [3.63, 3.8) is 0 Å². The first-order valence-corrected chi connectivity index (χ1v) is 7.36. The molecule has 0 heterocycles. The summed E-state index contributed by atoms with van der Waals surface area (Å²) in [7, 11) is 0. The fourth-order valence-corrected chi connectivity index (χ4v) is 2.07. The number of hydrogen-bond donors (Lipinski definition) is 0. The maximum Gasteiger partial charge on any atom is 0.239 e. The smallest absolute Gasteiger partial charge is 0.239 e. The van der Waals surface area contributed by atoms with Crippen molar-refractivity contribution in [1.29, 1.82) is 0 Å². The molecule has 2 aromatic rings. The summed E-state index contributed by atoms with van der Waals surface area (Å²) in [6.45, 7) is 5.49. The van der Waals surface area contributed by atoms with Gasteiger partial charge in [0.15, 0.2) is 0 Å². The minimum absolute atomic E-state index is 0.0608. The summed E-state index contributed by atoms with van der Waals surface area (Å²) in [6.07, 6.45) is -0.104. The highest BCUT2D eigenvalue weighted by molar-refractivity contribution is 6.10. The van der Waals surface area contributed by atoms with Crippen LogP contribution >= 0.6 is 0 Å². The lowest BCUT2D eigenvalue weighted by Gasteiger charge is -2.24. The predicted octanol–water partition coefficient (Wildman–Crippen LogP) is 4.36. The number of hydrogen-bond acceptors (Lipinski definition) is 2. The van der Waals surface area contributed by atoms with Gasteiger partial charge in [-0.15, -0.1) is 0 Å². The molecular formula is C19H21NO2. The highest BCUT2D eigenvalue weighted by Crippen LogP contribution is 2.27. The minimum atomic E-state index is -0.519. The molecule has 0 aliphatic carbocycles. The van der Waals surface area contributed by atoms with Gasteiger partial charge in [-0.1, -0.05) is 57.2 Å². The molecular weight excluding hydrogens is 274 g/mol. The Hall–Kier alpha value is -2.42. The first-order chi connectivity index (χ1) is 10.4. The van der Waals surface area contributed by atoms with E-state index in [9.17, 15) is 9.59 Å². The van der Waals surface area contributed by atoms with Gasteiger partial charge in [-0.05, 0) is 24.3 Å². The molecule has 1 amide bonds. The van der Waals surface area contributed by atoms with E-state index in [0.29, 0.717) is 0 Å². The molecule has 0 fully saturated rings. The number of nitrogens with zero attached hydrogens (tertiary/aromatic N) is 1. The van der Waals surface area contributed by atoms with Crippen LogP contribution in [0, 0.1) is 5.41 Å². The Morgan fingerprint density at radius 2 is 1.23 bits per heavy atom. The lowest BCUT2D eigenvalue weighted by molar-refractivity contribution is -0.131. The molecule has 0 spiro atoms. The SMILES string of the molecule is CC(C)(C)C(=O)CC(=O)N(c1ccccc1)c1ccccc1. The van der Waals surface area contributed by atoms with Gasteiger partial charge in [0.25, 0.3) is 0 Å². The average Bonchev–Trinajstić information content (AvgIpc) is 2.48. The second-order valence-corrected chi connectivity index (χ2v) is 6.25.